The second-order valence-electron chi connectivity index (χ2n) is 7.89. The number of carbonyl (C=O) groups is 2. The van der Waals surface area contributed by atoms with E-state index < -0.39 is 0 Å². The zero-order chi connectivity index (χ0) is 19.8. The Bertz CT molecular complexity index is 747. The summed E-state index contributed by atoms with van der Waals surface area (Å²) in [6.45, 7) is 4.34. The molecule has 2 atom stereocenters. The lowest BCUT2D eigenvalue weighted by Gasteiger charge is -2.50. The van der Waals surface area contributed by atoms with E-state index in [1.165, 1.54) is 0 Å². The van der Waals surface area contributed by atoms with Gasteiger partial charge in [-0.1, -0.05) is 110 Å². The maximum Gasteiger partial charge on any atom is 0.163 e. The van der Waals surface area contributed by atoms with Gasteiger partial charge in [0.25, 0.3) is 0 Å². The van der Waals surface area contributed by atoms with E-state index in [9.17, 15) is 9.59 Å². The number of ketones is 2. The first kappa shape index (κ1) is 22.2. The van der Waals surface area contributed by atoms with Crippen LogP contribution < -0.4 is 5.46 Å². The molecule has 3 rings (SSSR count). The van der Waals surface area contributed by atoms with E-state index in [1.54, 1.807) is 24.3 Å². The molecule has 2 aliphatic rings. The van der Waals surface area contributed by atoms with E-state index in [4.69, 9.17) is 7.85 Å². The Morgan fingerprint density at radius 2 is 1.74 bits per heavy atom. The van der Waals surface area contributed by atoms with Crippen LogP contribution in [0.25, 0.3) is 0 Å². The third-order valence-electron chi connectivity index (χ3n) is 6.22. The van der Waals surface area contributed by atoms with E-state index in [1.807, 2.05) is 0 Å². The molecule has 2 fully saturated rings. The summed E-state index contributed by atoms with van der Waals surface area (Å²) < 4.78 is 1.17. The SMILES string of the molecule is [B]c1ccc(C(=O)CC2CC(=C)[C@H](CI)C3(CCC(I)(I)CC3)C2=O)cc1. The summed E-state index contributed by atoms with van der Waals surface area (Å²) in [6.07, 6.45) is 4.83. The molecule has 2 nitrogen and oxygen atoms in total. The van der Waals surface area contributed by atoms with Crippen molar-refractivity contribution in [2.45, 2.75) is 40.0 Å². The van der Waals surface area contributed by atoms with Crippen molar-refractivity contribution in [3.05, 3.63) is 42.0 Å². The van der Waals surface area contributed by atoms with Crippen LogP contribution in [0.4, 0.5) is 0 Å². The molecule has 2 radical (unpaired) electrons. The first-order chi connectivity index (χ1) is 12.7. The third-order valence-corrected chi connectivity index (χ3v) is 9.26. The van der Waals surface area contributed by atoms with Gasteiger partial charge in [-0.2, -0.15) is 0 Å². The highest BCUT2D eigenvalue weighted by atomic mass is 127. The molecule has 0 aromatic heterocycles. The summed E-state index contributed by atoms with van der Waals surface area (Å²) >= 11 is 7.45. The van der Waals surface area contributed by atoms with Crippen LogP contribution in [0.2, 0.25) is 0 Å². The first-order valence-corrected chi connectivity index (χ1v) is 12.9. The lowest BCUT2D eigenvalue weighted by Crippen LogP contribution is -2.51. The lowest BCUT2D eigenvalue weighted by atomic mass is 9.55. The van der Waals surface area contributed by atoms with Crippen LogP contribution in [-0.4, -0.2) is 25.3 Å². The van der Waals surface area contributed by atoms with Crippen LogP contribution in [0.15, 0.2) is 36.4 Å². The minimum Gasteiger partial charge on any atom is -0.299 e. The maximum atomic E-state index is 13.6. The summed E-state index contributed by atoms with van der Waals surface area (Å²) in [5, 5.41) is 0. The molecule has 142 valence electrons. The smallest absolute Gasteiger partial charge is 0.163 e. The molecular weight excluding hydrogens is 676 g/mol. The molecule has 1 aromatic carbocycles. The predicted octanol–water partition coefficient (Wildman–Crippen LogP) is 5.38. The summed E-state index contributed by atoms with van der Waals surface area (Å²) in [4.78, 5) is 26.4. The van der Waals surface area contributed by atoms with Crippen molar-refractivity contribution in [2.75, 3.05) is 4.43 Å². The predicted molar refractivity (Wildman–Crippen MR) is 137 cm³/mol. The average molecular weight is 698 g/mol. The molecule has 0 aliphatic heterocycles. The van der Waals surface area contributed by atoms with E-state index in [0.29, 0.717) is 23.2 Å². The highest BCUT2D eigenvalue weighted by Gasteiger charge is 2.54. The number of alkyl halides is 3. The maximum absolute atomic E-state index is 13.6. The zero-order valence-corrected chi connectivity index (χ0v) is 21.6. The minimum atomic E-state index is -0.317. The van der Waals surface area contributed by atoms with Gasteiger partial charge in [-0.25, -0.2) is 0 Å². The zero-order valence-electron chi connectivity index (χ0n) is 15.1. The van der Waals surface area contributed by atoms with E-state index in [-0.39, 0.29) is 30.9 Å². The van der Waals surface area contributed by atoms with Crippen LogP contribution in [0, 0.1) is 17.3 Å². The van der Waals surface area contributed by atoms with Crippen LogP contribution in [0.1, 0.15) is 48.9 Å². The van der Waals surface area contributed by atoms with Gasteiger partial charge in [0.15, 0.2) is 5.78 Å². The van der Waals surface area contributed by atoms with E-state index in [0.717, 1.165) is 35.7 Å². The molecule has 1 aromatic rings. The van der Waals surface area contributed by atoms with Gasteiger partial charge >= 0.3 is 0 Å². The molecule has 1 unspecified atom stereocenters. The minimum absolute atomic E-state index is 0.0252. The molecular formula is C21H22BI3O2. The van der Waals surface area contributed by atoms with Crippen LogP contribution >= 0.6 is 67.8 Å². The standard InChI is InChI=1S/C21H22BI3O2/c1-13-10-15(11-18(26)14-2-4-16(22)5-3-14)19(27)20(17(13)12-23)6-8-21(24,25)9-7-20/h2-5,15,17H,1,6-12H2/t15?,17-/m0/s1. The van der Waals surface area contributed by atoms with Crippen molar-refractivity contribution in [2.24, 2.45) is 17.3 Å². The van der Waals surface area contributed by atoms with Crippen LogP contribution in [-0.2, 0) is 4.79 Å². The monoisotopic (exact) mass is 698 g/mol. The van der Waals surface area contributed by atoms with Gasteiger partial charge in [0.05, 0.1) is 1.43 Å². The lowest BCUT2D eigenvalue weighted by molar-refractivity contribution is -0.139. The summed E-state index contributed by atoms with van der Waals surface area (Å²) in [6, 6.07) is 6.99. The van der Waals surface area contributed by atoms with E-state index >= 15 is 0 Å². The molecule has 2 saturated carbocycles. The fourth-order valence-electron chi connectivity index (χ4n) is 4.61. The number of carbonyl (C=O) groups excluding carboxylic acids is 2. The quantitative estimate of drug-likeness (QED) is 0.139. The Morgan fingerprint density at radius 3 is 2.30 bits per heavy atom. The Kier molecular flexibility index (Phi) is 7.20. The third kappa shape index (κ3) is 4.67. The Labute approximate surface area is 203 Å². The number of hydrogen-bond donors (Lipinski definition) is 0. The molecule has 6 heteroatoms. The second kappa shape index (κ2) is 8.74. The van der Waals surface area contributed by atoms with Crippen molar-refractivity contribution in [3.8, 4) is 0 Å². The topological polar surface area (TPSA) is 34.1 Å². The number of rotatable bonds is 4. The Balaban J connectivity index is 1.83. The normalized spacial score (nSPS) is 26.9. The number of halogens is 3. The van der Waals surface area contributed by atoms with Gasteiger partial charge in [-0.15, -0.1) is 0 Å². The van der Waals surface area contributed by atoms with Gasteiger partial charge in [-0.05, 0) is 32.1 Å². The molecule has 2 aliphatic carbocycles. The fourth-order valence-corrected chi connectivity index (χ4v) is 7.15. The summed E-state index contributed by atoms with van der Waals surface area (Å²) in [5.74, 6) is 0.343. The number of allylic oxidation sites excluding steroid dienone is 1. The Hall–Kier alpha value is 0.555. The summed E-state index contributed by atoms with van der Waals surface area (Å²) in [5.41, 5.74) is 2.12. The average Bonchev–Trinajstić information content (AvgIpc) is 2.62. The number of hydrogen-bond acceptors (Lipinski definition) is 2. The molecule has 0 N–H and O–H groups in total. The molecule has 0 heterocycles. The van der Waals surface area contributed by atoms with Gasteiger partial charge in [-0.3, -0.25) is 9.59 Å². The van der Waals surface area contributed by atoms with Gasteiger partial charge in [0, 0.05) is 33.7 Å². The molecule has 0 bridgehead atoms. The molecule has 0 amide bonds. The van der Waals surface area contributed by atoms with Crippen molar-refractivity contribution >= 4 is 92.6 Å². The van der Waals surface area contributed by atoms with Crippen molar-refractivity contribution in [1.29, 1.82) is 0 Å². The van der Waals surface area contributed by atoms with Crippen LogP contribution in [0.3, 0.4) is 0 Å². The van der Waals surface area contributed by atoms with Gasteiger partial charge in [0.1, 0.15) is 13.6 Å². The van der Waals surface area contributed by atoms with Crippen molar-refractivity contribution < 1.29 is 9.59 Å². The first-order valence-electron chi connectivity index (χ1n) is 9.23. The molecule has 27 heavy (non-hydrogen) atoms. The fraction of sp³-hybridized carbons (Fsp3) is 0.524. The largest absolute Gasteiger partial charge is 0.299 e. The van der Waals surface area contributed by atoms with E-state index in [2.05, 4.69) is 74.4 Å². The highest BCUT2D eigenvalue weighted by molar-refractivity contribution is 14.2. The molecule has 1 spiro atoms. The highest BCUT2D eigenvalue weighted by Crippen LogP contribution is 2.58. The summed E-state index contributed by atoms with van der Waals surface area (Å²) in [7, 11) is 5.72. The van der Waals surface area contributed by atoms with Crippen molar-refractivity contribution in [1.82, 2.24) is 0 Å². The van der Waals surface area contributed by atoms with Crippen LogP contribution in [0.5, 0.6) is 0 Å². The van der Waals surface area contributed by atoms with Gasteiger partial charge in [0.2, 0.25) is 0 Å². The number of Topliss-reactive ketones (excluding diaryl/α,β-unsaturated/α-hetero) is 2. The Morgan fingerprint density at radius 1 is 1.15 bits per heavy atom. The van der Waals surface area contributed by atoms with Gasteiger partial charge < -0.3 is 0 Å². The second-order valence-corrected chi connectivity index (χ2v) is 15.0. The van der Waals surface area contributed by atoms with Crippen molar-refractivity contribution in [3.63, 3.8) is 0 Å². The number of benzene rings is 1. The molecule has 0 saturated heterocycles.